The van der Waals surface area contributed by atoms with Gasteiger partial charge in [-0.05, 0) is 61.7 Å². The van der Waals surface area contributed by atoms with Crippen molar-refractivity contribution in [3.05, 3.63) is 0 Å². The van der Waals surface area contributed by atoms with Gasteiger partial charge in [0, 0.05) is 0 Å². The lowest BCUT2D eigenvalue weighted by Crippen LogP contribution is -2.26. The molecule has 0 aromatic rings. The van der Waals surface area contributed by atoms with Gasteiger partial charge >= 0.3 is 0 Å². The summed E-state index contributed by atoms with van der Waals surface area (Å²) >= 11 is 0. The molecular weight excluding hydrogens is 180 g/mol. The lowest BCUT2D eigenvalue weighted by molar-refractivity contribution is 0.128. The molecule has 0 amide bonds. The zero-order chi connectivity index (χ0) is 10.9. The quantitative estimate of drug-likeness (QED) is 0.557. The average Bonchev–Trinajstić information content (AvgIpc) is 2.56. The van der Waals surface area contributed by atoms with Crippen LogP contribution in [0.2, 0.25) is 0 Å². The van der Waals surface area contributed by atoms with E-state index in [0.29, 0.717) is 5.41 Å². The second kappa shape index (κ2) is 4.11. The molecule has 0 aromatic carbocycles. The Kier molecular flexibility index (Phi) is 3.14. The van der Waals surface area contributed by atoms with E-state index in [4.69, 9.17) is 0 Å². The van der Waals surface area contributed by atoms with Crippen LogP contribution in [0.15, 0.2) is 0 Å². The summed E-state index contributed by atoms with van der Waals surface area (Å²) in [5.41, 5.74) is 1.37. The van der Waals surface area contributed by atoms with Gasteiger partial charge in [0.2, 0.25) is 0 Å². The van der Waals surface area contributed by atoms with E-state index in [1.807, 2.05) is 0 Å². The van der Waals surface area contributed by atoms with Crippen LogP contribution in [0, 0.1) is 16.7 Å². The first kappa shape index (κ1) is 11.5. The van der Waals surface area contributed by atoms with Gasteiger partial charge < -0.3 is 0 Å². The smallest absolute Gasteiger partial charge is 0.0297 e. The second-order valence-corrected chi connectivity index (χ2v) is 7.42. The molecule has 0 saturated heterocycles. The lowest BCUT2D eigenvalue weighted by Gasteiger charge is -2.39. The summed E-state index contributed by atoms with van der Waals surface area (Å²) in [6, 6.07) is 0. The molecule has 0 unspecified atom stereocenters. The summed E-state index contributed by atoms with van der Waals surface area (Å²) in [6.45, 7) is 7.19. The topological polar surface area (TPSA) is 0 Å². The lowest BCUT2D eigenvalue weighted by atomic mass is 9.67. The first-order chi connectivity index (χ1) is 6.99. The molecule has 0 radical (unpaired) electrons. The highest BCUT2D eigenvalue weighted by molar-refractivity contribution is 4.90. The van der Waals surface area contributed by atoms with E-state index < -0.39 is 0 Å². The van der Waals surface area contributed by atoms with E-state index in [1.165, 1.54) is 32.1 Å². The molecule has 0 atom stereocenters. The van der Waals surface area contributed by atoms with Gasteiger partial charge in [-0.1, -0.05) is 33.6 Å². The molecule has 0 heterocycles. The van der Waals surface area contributed by atoms with Crippen LogP contribution >= 0.6 is 0 Å². The van der Waals surface area contributed by atoms with Crippen LogP contribution in [-0.4, -0.2) is 0 Å². The van der Waals surface area contributed by atoms with Gasteiger partial charge in [-0.25, -0.2) is 0 Å². The van der Waals surface area contributed by atoms with Crippen LogP contribution in [0.4, 0.5) is 0 Å². The van der Waals surface area contributed by atoms with Gasteiger partial charge in [-0.3, -0.25) is 0 Å². The van der Waals surface area contributed by atoms with Gasteiger partial charge in [0.1, 0.15) is 0 Å². The maximum atomic E-state index is 2.40. The summed E-state index contributed by atoms with van der Waals surface area (Å²) in [5, 5.41) is 0. The fourth-order valence-electron chi connectivity index (χ4n) is 3.99. The van der Waals surface area contributed by atoms with E-state index >= 15 is 0 Å². The molecule has 0 aromatic heterocycles. The normalized spacial score (nSPS) is 27.4. The summed E-state index contributed by atoms with van der Waals surface area (Å²) in [5.74, 6) is 1.04. The third-order valence-corrected chi connectivity index (χ3v) is 4.73. The Labute approximate surface area is 95.8 Å². The van der Waals surface area contributed by atoms with Gasteiger partial charge in [-0.15, -0.1) is 0 Å². The van der Waals surface area contributed by atoms with Crippen LogP contribution in [0.1, 0.15) is 78.6 Å². The second-order valence-electron chi connectivity index (χ2n) is 7.42. The van der Waals surface area contributed by atoms with Crippen molar-refractivity contribution in [2.45, 2.75) is 78.6 Å². The Morgan fingerprint density at radius 1 is 0.933 bits per heavy atom. The molecule has 88 valence electrons. The fourth-order valence-corrected chi connectivity index (χ4v) is 3.99. The third kappa shape index (κ3) is 2.98. The maximum Gasteiger partial charge on any atom is -0.0297 e. The Hall–Kier alpha value is 0. The van der Waals surface area contributed by atoms with Crippen molar-refractivity contribution in [1.29, 1.82) is 0 Å². The molecule has 0 nitrogen and oxygen atoms in total. The van der Waals surface area contributed by atoms with Crippen LogP contribution in [-0.2, 0) is 0 Å². The summed E-state index contributed by atoms with van der Waals surface area (Å²) < 4.78 is 0. The van der Waals surface area contributed by atoms with Crippen molar-refractivity contribution >= 4 is 0 Å². The Morgan fingerprint density at radius 2 is 1.47 bits per heavy atom. The highest BCUT2D eigenvalue weighted by Crippen LogP contribution is 2.51. The van der Waals surface area contributed by atoms with Crippen LogP contribution in [0.25, 0.3) is 0 Å². The van der Waals surface area contributed by atoms with Crippen LogP contribution in [0.3, 0.4) is 0 Å². The van der Waals surface area contributed by atoms with Crippen molar-refractivity contribution in [3.63, 3.8) is 0 Å². The summed E-state index contributed by atoms with van der Waals surface area (Å²) in [4.78, 5) is 0. The summed E-state index contributed by atoms with van der Waals surface area (Å²) in [6.07, 6.45) is 13.7. The summed E-state index contributed by atoms with van der Waals surface area (Å²) in [7, 11) is 0. The molecule has 1 spiro atoms. The fraction of sp³-hybridized carbons (Fsp3) is 1.00. The number of hydrogen-bond acceptors (Lipinski definition) is 0. The zero-order valence-corrected chi connectivity index (χ0v) is 10.9. The average molecular weight is 208 g/mol. The first-order valence-corrected chi connectivity index (χ1v) is 6.99. The molecule has 2 rings (SSSR count). The minimum atomic E-state index is 0.546. The molecule has 2 aliphatic carbocycles. The Morgan fingerprint density at radius 3 is 1.93 bits per heavy atom. The Balaban J connectivity index is 1.81. The number of rotatable bonds is 1. The van der Waals surface area contributed by atoms with Crippen molar-refractivity contribution in [1.82, 2.24) is 0 Å². The molecule has 2 fully saturated rings. The molecule has 0 bridgehead atoms. The molecule has 0 aliphatic heterocycles. The molecule has 0 N–H and O–H groups in total. The molecule has 0 heteroatoms. The molecule has 15 heavy (non-hydrogen) atoms. The minimum Gasteiger partial charge on any atom is -0.0602 e. The standard InChI is InChI=1S/C15H28/c1-14(2,3)12-13-6-10-15(11-7-13)8-4-5-9-15/h13H,4-12H2,1-3H3. The first-order valence-electron chi connectivity index (χ1n) is 6.99. The molecular formula is C15H28. The van der Waals surface area contributed by atoms with E-state index in [0.717, 1.165) is 11.3 Å². The van der Waals surface area contributed by atoms with Crippen LogP contribution in [0.5, 0.6) is 0 Å². The largest absolute Gasteiger partial charge is 0.0602 e. The predicted molar refractivity (Wildman–Crippen MR) is 66.9 cm³/mol. The monoisotopic (exact) mass is 208 g/mol. The third-order valence-electron chi connectivity index (χ3n) is 4.73. The zero-order valence-electron chi connectivity index (χ0n) is 10.9. The van der Waals surface area contributed by atoms with Gasteiger partial charge in [-0.2, -0.15) is 0 Å². The van der Waals surface area contributed by atoms with Crippen molar-refractivity contribution in [2.75, 3.05) is 0 Å². The van der Waals surface area contributed by atoms with Gasteiger partial charge in [0.15, 0.2) is 0 Å². The molecule has 2 aliphatic rings. The van der Waals surface area contributed by atoms with Gasteiger partial charge in [0.05, 0.1) is 0 Å². The van der Waals surface area contributed by atoms with Crippen molar-refractivity contribution < 1.29 is 0 Å². The van der Waals surface area contributed by atoms with Gasteiger partial charge in [0.25, 0.3) is 0 Å². The van der Waals surface area contributed by atoms with E-state index in [2.05, 4.69) is 20.8 Å². The molecule has 2 saturated carbocycles. The van der Waals surface area contributed by atoms with Crippen molar-refractivity contribution in [2.24, 2.45) is 16.7 Å². The van der Waals surface area contributed by atoms with E-state index in [1.54, 1.807) is 25.7 Å². The maximum absolute atomic E-state index is 2.40. The number of hydrogen-bond donors (Lipinski definition) is 0. The van der Waals surface area contributed by atoms with Crippen molar-refractivity contribution in [3.8, 4) is 0 Å². The Bertz CT molecular complexity index is 193. The van der Waals surface area contributed by atoms with Crippen LogP contribution < -0.4 is 0 Å². The minimum absolute atomic E-state index is 0.546. The highest BCUT2D eigenvalue weighted by Gasteiger charge is 2.37. The highest BCUT2D eigenvalue weighted by atomic mass is 14.4. The SMILES string of the molecule is CC(C)(C)CC1CCC2(CCCC2)CC1. The van der Waals surface area contributed by atoms with E-state index in [-0.39, 0.29) is 0 Å². The van der Waals surface area contributed by atoms with E-state index in [9.17, 15) is 0 Å². The predicted octanol–water partition coefficient (Wildman–Crippen LogP) is 5.17.